The fraction of sp³-hybridized carbons (Fsp3) is 0.417. The minimum absolute atomic E-state index is 0.124. The van der Waals surface area contributed by atoms with Crippen molar-refractivity contribution in [2.45, 2.75) is 6.42 Å². The summed E-state index contributed by atoms with van der Waals surface area (Å²) in [5.74, 6) is 2.94. The number of rotatable bonds is 3. The largest absolute Gasteiger partial charge is 0.497 e. The monoisotopic (exact) mass is 237 g/mol. The molecule has 1 saturated heterocycles. The molecule has 0 amide bonds. The van der Waals surface area contributed by atoms with Crippen LogP contribution < -0.4 is 10.5 Å². The third-order valence-corrected chi connectivity index (χ3v) is 3.99. The van der Waals surface area contributed by atoms with Crippen LogP contribution in [0.2, 0.25) is 0 Å². The van der Waals surface area contributed by atoms with Crippen molar-refractivity contribution in [3.63, 3.8) is 0 Å². The van der Waals surface area contributed by atoms with E-state index in [4.69, 9.17) is 10.5 Å². The predicted octanol–water partition coefficient (Wildman–Crippen LogP) is 2.21. The van der Waals surface area contributed by atoms with Crippen LogP contribution in [0.1, 0.15) is 16.8 Å². The first kappa shape index (κ1) is 11.3. The molecule has 16 heavy (non-hydrogen) atoms. The molecule has 1 fully saturated rings. The number of benzene rings is 1. The van der Waals surface area contributed by atoms with Gasteiger partial charge in [0.1, 0.15) is 5.75 Å². The Labute approximate surface area is 99.4 Å². The second-order valence-corrected chi connectivity index (χ2v) is 5.03. The number of thioether (sulfide) groups is 1. The van der Waals surface area contributed by atoms with Crippen LogP contribution in [-0.2, 0) is 0 Å². The first-order valence-electron chi connectivity index (χ1n) is 5.28. The maximum absolute atomic E-state index is 12.2. The van der Waals surface area contributed by atoms with Crippen molar-refractivity contribution in [3.05, 3.63) is 23.8 Å². The zero-order chi connectivity index (χ0) is 11.5. The van der Waals surface area contributed by atoms with E-state index in [1.165, 1.54) is 0 Å². The summed E-state index contributed by atoms with van der Waals surface area (Å²) in [7, 11) is 1.59. The Kier molecular flexibility index (Phi) is 3.39. The summed E-state index contributed by atoms with van der Waals surface area (Å²) in [6.45, 7) is 0. The minimum atomic E-state index is 0.124. The fourth-order valence-electron chi connectivity index (χ4n) is 1.84. The average Bonchev–Trinajstić information content (AvgIpc) is 2.82. The lowest BCUT2D eigenvalue weighted by molar-refractivity contribution is 0.0934. The summed E-state index contributed by atoms with van der Waals surface area (Å²) in [5, 5.41) is 0. The van der Waals surface area contributed by atoms with E-state index in [9.17, 15) is 4.79 Å². The van der Waals surface area contributed by atoms with Gasteiger partial charge in [-0.2, -0.15) is 11.8 Å². The number of nitrogens with two attached hydrogens (primary N) is 1. The number of nitrogen functional groups attached to an aromatic ring is 1. The predicted molar refractivity (Wildman–Crippen MR) is 67.2 cm³/mol. The molecule has 3 nitrogen and oxygen atoms in total. The molecule has 0 aromatic heterocycles. The van der Waals surface area contributed by atoms with Crippen LogP contribution in [-0.4, -0.2) is 24.4 Å². The second-order valence-electron chi connectivity index (χ2n) is 3.88. The number of ketones is 1. The third-order valence-electron chi connectivity index (χ3n) is 2.83. The lowest BCUT2D eigenvalue weighted by atomic mass is 9.96. The molecule has 2 N–H and O–H groups in total. The van der Waals surface area contributed by atoms with Crippen LogP contribution in [0.15, 0.2) is 18.2 Å². The fourth-order valence-corrected chi connectivity index (χ4v) is 3.06. The lowest BCUT2D eigenvalue weighted by Gasteiger charge is -2.11. The maximum Gasteiger partial charge on any atom is 0.169 e. The number of anilines is 1. The van der Waals surface area contributed by atoms with E-state index in [-0.39, 0.29) is 11.7 Å². The van der Waals surface area contributed by atoms with Gasteiger partial charge >= 0.3 is 0 Å². The topological polar surface area (TPSA) is 52.3 Å². The second kappa shape index (κ2) is 4.78. The summed E-state index contributed by atoms with van der Waals surface area (Å²) in [6.07, 6.45) is 0.958. The van der Waals surface area contributed by atoms with Crippen LogP contribution in [0.5, 0.6) is 5.75 Å². The molecule has 0 saturated carbocycles. The summed E-state index contributed by atoms with van der Waals surface area (Å²) in [5.41, 5.74) is 6.98. The van der Waals surface area contributed by atoms with Gasteiger partial charge in [0.05, 0.1) is 7.11 Å². The molecule has 1 aliphatic rings. The van der Waals surface area contributed by atoms with E-state index in [2.05, 4.69) is 0 Å². The number of methoxy groups -OCH3 is 1. The van der Waals surface area contributed by atoms with E-state index in [1.54, 1.807) is 25.3 Å². The van der Waals surface area contributed by atoms with Crippen molar-refractivity contribution in [1.82, 2.24) is 0 Å². The van der Waals surface area contributed by atoms with Gasteiger partial charge in [0, 0.05) is 22.9 Å². The van der Waals surface area contributed by atoms with Gasteiger partial charge < -0.3 is 10.5 Å². The van der Waals surface area contributed by atoms with Gasteiger partial charge in [-0.05, 0) is 30.4 Å². The highest BCUT2D eigenvalue weighted by atomic mass is 32.2. The number of hydrogen-bond acceptors (Lipinski definition) is 4. The van der Waals surface area contributed by atoms with Gasteiger partial charge in [0.2, 0.25) is 0 Å². The van der Waals surface area contributed by atoms with Crippen molar-refractivity contribution in [2.75, 3.05) is 24.3 Å². The van der Waals surface area contributed by atoms with Crippen LogP contribution >= 0.6 is 11.8 Å². The smallest absolute Gasteiger partial charge is 0.169 e. The number of Topliss-reactive ketones (excluding diaryl/α,β-unsaturated/α-hetero) is 1. The molecule has 1 heterocycles. The maximum atomic E-state index is 12.2. The summed E-state index contributed by atoms with van der Waals surface area (Å²) in [6, 6.07) is 5.24. The molecule has 2 rings (SSSR count). The highest BCUT2D eigenvalue weighted by Crippen LogP contribution is 2.29. The first-order valence-corrected chi connectivity index (χ1v) is 6.43. The Hall–Kier alpha value is -1.16. The van der Waals surface area contributed by atoms with Crippen LogP contribution in [0, 0.1) is 5.92 Å². The molecule has 0 radical (unpaired) electrons. The van der Waals surface area contributed by atoms with Crippen molar-refractivity contribution in [3.8, 4) is 5.75 Å². The van der Waals surface area contributed by atoms with E-state index >= 15 is 0 Å². The van der Waals surface area contributed by atoms with Gasteiger partial charge in [0.25, 0.3) is 0 Å². The third kappa shape index (κ3) is 2.16. The molecule has 0 spiro atoms. The number of carbonyl (C=O) groups is 1. The SMILES string of the molecule is COc1ccc(N)c(C(=O)C2CCSC2)c1. The molecular weight excluding hydrogens is 222 g/mol. The first-order chi connectivity index (χ1) is 7.72. The summed E-state index contributed by atoms with van der Waals surface area (Å²) >= 11 is 1.83. The van der Waals surface area contributed by atoms with Gasteiger partial charge in [-0.3, -0.25) is 4.79 Å². The molecular formula is C12H15NO2S. The van der Waals surface area contributed by atoms with Crippen molar-refractivity contribution in [2.24, 2.45) is 5.92 Å². The van der Waals surface area contributed by atoms with Crippen molar-refractivity contribution < 1.29 is 9.53 Å². The zero-order valence-corrected chi connectivity index (χ0v) is 10.0. The molecule has 0 aliphatic carbocycles. The Bertz CT molecular complexity index is 400. The van der Waals surface area contributed by atoms with Crippen LogP contribution in [0.25, 0.3) is 0 Å². The Morgan fingerprint density at radius 3 is 3.00 bits per heavy atom. The Morgan fingerprint density at radius 2 is 2.38 bits per heavy atom. The van der Waals surface area contributed by atoms with E-state index < -0.39 is 0 Å². The Morgan fingerprint density at radius 1 is 1.56 bits per heavy atom. The van der Waals surface area contributed by atoms with Crippen molar-refractivity contribution >= 4 is 23.2 Å². The zero-order valence-electron chi connectivity index (χ0n) is 9.23. The normalized spacial score (nSPS) is 19.7. The highest BCUT2D eigenvalue weighted by molar-refractivity contribution is 7.99. The average molecular weight is 237 g/mol. The summed E-state index contributed by atoms with van der Waals surface area (Å²) < 4.78 is 5.11. The highest BCUT2D eigenvalue weighted by Gasteiger charge is 2.25. The van der Waals surface area contributed by atoms with Crippen LogP contribution in [0.4, 0.5) is 5.69 Å². The van der Waals surface area contributed by atoms with E-state index in [0.29, 0.717) is 17.0 Å². The number of ether oxygens (including phenoxy) is 1. The Balaban J connectivity index is 2.27. The molecule has 1 unspecified atom stereocenters. The molecule has 86 valence electrons. The minimum Gasteiger partial charge on any atom is -0.497 e. The van der Waals surface area contributed by atoms with E-state index in [0.717, 1.165) is 17.9 Å². The molecule has 1 aromatic rings. The van der Waals surface area contributed by atoms with Gasteiger partial charge in [-0.25, -0.2) is 0 Å². The van der Waals surface area contributed by atoms with Gasteiger partial charge in [-0.1, -0.05) is 0 Å². The number of hydrogen-bond donors (Lipinski definition) is 1. The van der Waals surface area contributed by atoms with Crippen molar-refractivity contribution in [1.29, 1.82) is 0 Å². The van der Waals surface area contributed by atoms with Gasteiger partial charge in [0.15, 0.2) is 5.78 Å². The van der Waals surface area contributed by atoms with Gasteiger partial charge in [-0.15, -0.1) is 0 Å². The number of carbonyl (C=O) groups excluding carboxylic acids is 1. The molecule has 0 bridgehead atoms. The molecule has 4 heteroatoms. The standard InChI is InChI=1S/C12H15NO2S/c1-15-9-2-3-11(13)10(6-9)12(14)8-4-5-16-7-8/h2-3,6,8H,4-5,7,13H2,1H3. The molecule has 1 aliphatic heterocycles. The van der Waals surface area contributed by atoms with Crippen LogP contribution in [0.3, 0.4) is 0 Å². The lowest BCUT2D eigenvalue weighted by Crippen LogP contribution is -2.15. The summed E-state index contributed by atoms with van der Waals surface area (Å²) in [4.78, 5) is 12.2. The molecule has 1 atom stereocenters. The molecule has 1 aromatic carbocycles. The van der Waals surface area contributed by atoms with E-state index in [1.807, 2.05) is 11.8 Å². The quantitative estimate of drug-likeness (QED) is 0.647.